The van der Waals surface area contributed by atoms with Gasteiger partial charge < -0.3 is 10.6 Å². The molecule has 1 aromatic heterocycles. The van der Waals surface area contributed by atoms with Gasteiger partial charge >= 0.3 is 0 Å². The Kier molecular flexibility index (Phi) is 5.47. The number of rotatable bonds is 5. The minimum Gasteiger partial charge on any atom is -0.322 e. The summed E-state index contributed by atoms with van der Waals surface area (Å²) in [6.07, 6.45) is 6.76. The molecule has 0 aliphatic heterocycles. The van der Waals surface area contributed by atoms with Crippen molar-refractivity contribution in [1.82, 2.24) is 14.7 Å². The lowest BCUT2D eigenvalue weighted by atomic mass is 9.78. The number of likely N-dealkylation sites (N-methyl/N-ethyl adjacent to an activating group) is 1. The topological polar surface area (TPSA) is 47.1 Å². The van der Waals surface area contributed by atoms with Crippen molar-refractivity contribution in [2.45, 2.75) is 45.2 Å². The van der Waals surface area contributed by atoms with Crippen LogP contribution in [0.25, 0.3) is 0 Å². The minimum absolute atomic E-state index is 0.00918. The molecular formula is C15H27ClN4. The first kappa shape index (κ1) is 15.8. The second kappa shape index (κ2) is 6.92. The van der Waals surface area contributed by atoms with Crippen molar-refractivity contribution in [3.63, 3.8) is 0 Å². The molecule has 2 N–H and O–H groups in total. The number of nitrogens with zero attached hydrogens (tertiary/aromatic N) is 3. The van der Waals surface area contributed by atoms with Crippen LogP contribution in [-0.2, 0) is 6.54 Å². The standard InChI is InChI=1S/C15H27ClN4/c1-11-5-4-6-12(9-11)14(17)15-13(16)10-18-20(15)8-7-19(2)3/h10-12,14H,4-9,17H2,1-3H3. The fourth-order valence-electron chi connectivity index (χ4n) is 3.21. The van der Waals surface area contributed by atoms with E-state index in [0.29, 0.717) is 5.92 Å². The second-order valence-electron chi connectivity index (χ2n) is 6.46. The molecule has 0 bridgehead atoms. The summed E-state index contributed by atoms with van der Waals surface area (Å²) in [6.45, 7) is 4.10. The third kappa shape index (κ3) is 3.74. The maximum absolute atomic E-state index is 6.53. The van der Waals surface area contributed by atoms with Gasteiger partial charge in [-0.1, -0.05) is 31.4 Å². The molecule has 3 unspecified atom stereocenters. The third-order valence-electron chi connectivity index (χ3n) is 4.39. The zero-order valence-electron chi connectivity index (χ0n) is 12.8. The highest BCUT2D eigenvalue weighted by Crippen LogP contribution is 2.37. The summed E-state index contributed by atoms with van der Waals surface area (Å²) in [6, 6.07) is 0.00918. The Bertz CT molecular complexity index is 430. The van der Waals surface area contributed by atoms with Crippen LogP contribution in [0.2, 0.25) is 5.02 Å². The lowest BCUT2D eigenvalue weighted by Gasteiger charge is -2.31. The monoisotopic (exact) mass is 298 g/mol. The molecule has 2 rings (SSSR count). The molecule has 0 aromatic carbocycles. The largest absolute Gasteiger partial charge is 0.322 e. The van der Waals surface area contributed by atoms with Gasteiger partial charge in [0.1, 0.15) is 0 Å². The molecule has 1 aliphatic rings. The Balaban J connectivity index is 2.11. The number of hydrogen-bond acceptors (Lipinski definition) is 3. The molecule has 0 amide bonds. The average Bonchev–Trinajstić information content (AvgIpc) is 2.76. The summed E-state index contributed by atoms with van der Waals surface area (Å²) in [7, 11) is 4.13. The van der Waals surface area contributed by atoms with Crippen molar-refractivity contribution in [2.24, 2.45) is 17.6 Å². The zero-order chi connectivity index (χ0) is 14.7. The van der Waals surface area contributed by atoms with Crippen LogP contribution in [0.1, 0.15) is 44.3 Å². The van der Waals surface area contributed by atoms with E-state index >= 15 is 0 Å². The smallest absolute Gasteiger partial charge is 0.0834 e. The molecule has 0 saturated heterocycles. The predicted molar refractivity (Wildman–Crippen MR) is 83.8 cm³/mol. The lowest BCUT2D eigenvalue weighted by molar-refractivity contribution is 0.240. The van der Waals surface area contributed by atoms with Gasteiger partial charge in [0, 0.05) is 6.54 Å². The molecule has 5 heteroatoms. The van der Waals surface area contributed by atoms with Crippen LogP contribution in [0.15, 0.2) is 6.20 Å². The van der Waals surface area contributed by atoms with Crippen molar-refractivity contribution in [1.29, 1.82) is 0 Å². The van der Waals surface area contributed by atoms with Crippen LogP contribution in [-0.4, -0.2) is 35.3 Å². The van der Waals surface area contributed by atoms with Gasteiger partial charge in [0.05, 0.1) is 29.5 Å². The molecule has 1 heterocycles. The number of aromatic nitrogens is 2. The van der Waals surface area contributed by atoms with E-state index in [-0.39, 0.29) is 6.04 Å². The van der Waals surface area contributed by atoms with E-state index in [0.717, 1.165) is 29.7 Å². The van der Waals surface area contributed by atoms with Crippen LogP contribution in [0.4, 0.5) is 0 Å². The molecule has 1 aromatic rings. The Morgan fingerprint density at radius 3 is 2.90 bits per heavy atom. The lowest BCUT2D eigenvalue weighted by Crippen LogP contribution is -2.30. The van der Waals surface area contributed by atoms with Gasteiger partial charge in [0.2, 0.25) is 0 Å². The second-order valence-corrected chi connectivity index (χ2v) is 6.87. The van der Waals surface area contributed by atoms with E-state index in [1.165, 1.54) is 25.7 Å². The molecule has 1 fully saturated rings. The highest BCUT2D eigenvalue weighted by atomic mass is 35.5. The van der Waals surface area contributed by atoms with Crippen LogP contribution in [0, 0.1) is 11.8 Å². The molecule has 1 saturated carbocycles. The summed E-state index contributed by atoms with van der Waals surface area (Å²) in [4.78, 5) is 2.15. The van der Waals surface area contributed by atoms with Gasteiger partial charge in [0.25, 0.3) is 0 Å². The molecule has 1 aliphatic carbocycles. The van der Waals surface area contributed by atoms with Gasteiger partial charge in [-0.15, -0.1) is 0 Å². The first-order chi connectivity index (χ1) is 9.49. The summed E-state index contributed by atoms with van der Waals surface area (Å²) >= 11 is 6.33. The normalized spacial score (nSPS) is 25.1. The minimum atomic E-state index is 0.00918. The molecule has 3 atom stereocenters. The first-order valence-corrected chi connectivity index (χ1v) is 7.98. The van der Waals surface area contributed by atoms with E-state index in [4.69, 9.17) is 17.3 Å². The molecular weight excluding hydrogens is 272 g/mol. The van der Waals surface area contributed by atoms with Crippen molar-refractivity contribution >= 4 is 11.6 Å². The summed E-state index contributed by atoms with van der Waals surface area (Å²) in [5.74, 6) is 1.31. The van der Waals surface area contributed by atoms with Gasteiger partial charge in [-0.2, -0.15) is 5.10 Å². The maximum atomic E-state index is 6.53. The predicted octanol–water partition coefficient (Wildman–Crippen LogP) is 2.92. The molecule has 114 valence electrons. The Hall–Kier alpha value is -0.580. The highest BCUT2D eigenvalue weighted by Gasteiger charge is 2.29. The molecule has 0 spiro atoms. The molecule has 4 nitrogen and oxygen atoms in total. The highest BCUT2D eigenvalue weighted by molar-refractivity contribution is 6.31. The van der Waals surface area contributed by atoms with Gasteiger partial charge in [-0.25, -0.2) is 0 Å². The molecule has 20 heavy (non-hydrogen) atoms. The van der Waals surface area contributed by atoms with Crippen LogP contribution in [0.5, 0.6) is 0 Å². The van der Waals surface area contributed by atoms with Crippen molar-refractivity contribution in [3.8, 4) is 0 Å². The maximum Gasteiger partial charge on any atom is 0.0834 e. The van der Waals surface area contributed by atoms with E-state index in [9.17, 15) is 0 Å². The number of nitrogens with two attached hydrogens (primary N) is 1. The summed E-state index contributed by atoms with van der Waals surface area (Å²) in [5.41, 5.74) is 7.55. The first-order valence-electron chi connectivity index (χ1n) is 7.60. The van der Waals surface area contributed by atoms with E-state index in [1.807, 2.05) is 4.68 Å². The van der Waals surface area contributed by atoms with Crippen molar-refractivity contribution < 1.29 is 0 Å². The van der Waals surface area contributed by atoms with E-state index < -0.39 is 0 Å². The van der Waals surface area contributed by atoms with Crippen LogP contribution < -0.4 is 5.73 Å². The Labute approximate surface area is 127 Å². The Morgan fingerprint density at radius 1 is 1.50 bits per heavy atom. The van der Waals surface area contributed by atoms with Gasteiger partial charge in [0.15, 0.2) is 0 Å². The molecule has 0 radical (unpaired) electrons. The van der Waals surface area contributed by atoms with Gasteiger partial charge in [-0.3, -0.25) is 4.68 Å². The van der Waals surface area contributed by atoms with E-state index in [1.54, 1.807) is 6.20 Å². The van der Waals surface area contributed by atoms with Gasteiger partial charge in [-0.05, 0) is 38.8 Å². The average molecular weight is 299 g/mol. The van der Waals surface area contributed by atoms with Crippen molar-refractivity contribution in [2.75, 3.05) is 20.6 Å². The van der Waals surface area contributed by atoms with Crippen LogP contribution in [0.3, 0.4) is 0 Å². The quantitative estimate of drug-likeness (QED) is 0.909. The van der Waals surface area contributed by atoms with Crippen LogP contribution >= 0.6 is 11.6 Å². The fourth-order valence-corrected chi connectivity index (χ4v) is 3.47. The third-order valence-corrected chi connectivity index (χ3v) is 4.68. The summed E-state index contributed by atoms with van der Waals surface area (Å²) in [5, 5.41) is 5.12. The number of halogens is 1. The van der Waals surface area contributed by atoms with E-state index in [2.05, 4.69) is 31.0 Å². The van der Waals surface area contributed by atoms with Crippen molar-refractivity contribution in [3.05, 3.63) is 16.9 Å². The number of hydrogen-bond donors (Lipinski definition) is 1. The SMILES string of the molecule is CC1CCCC(C(N)c2c(Cl)cnn2CCN(C)C)C1. The zero-order valence-corrected chi connectivity index (χ0v) is 13.6. The summed E-state index contributed by atoms with van der Waals surface area (Å²) < 4.78 is 1.99. The Morgan fingerprint density at radius 2 is 2.25 bits per heavy atom. The fraction of sp³-hybridized carbons (Fsp3) is 0.800.